The lowest BCUT2D eigenvalue weighted by atomic mass is 9.97. The number of ether oxygens (including phenoxy) is 1. The van der Waals surface area contributed by atoms with Crippen molar-refractivity contribution >= 4 is 30.6 Å². The lowest BCUT2D eigenvalue weighted by Gasteiger charge is -2.23. The van der Waals surface area contributed by atoms with Gasteiger partial charge in [0.05, 0.1) is 12.0 Å². The number of carbonyl (C=O) groups excluding carboxylic acids is 1. The predicted molar refractivity (Wildman–Crippen MR) is 97.2 cm³/mol. The van der Waals surface area contributed by atoms with Crippen molar-refractivity contribution in [2.45, 2.75) is 38.7 Å². The highest BCUT2D eigenvalue weighted by molar-refractivity contribution is 7.18. The molecule has 3 unspecified atom stereocenters. The van der Waals surface area contributed by atoms with E-state index in [1.807, 2.05) is 39.1 Å². The SMILES string of the molecule is CC(C)(C)OC(=O)C(Cc1ccc(NP)nc1)c1cn(P)cn1. The first-order chi connectivity index (χ1) is 10.8. The van der Waals surface area contributed by atoms with Crippen LogP contribution in [0.1, 0.15) is 37.9 Å². The van der Waals surface area contributed by atoms with Gasteiger partial charge in [0, 0.05) is 12.4 Å². The van der Waals surface area contributed by atoms with Crippen LogP contribution in [-0.2, 0) is 16.0 Å². The zero-order valence-corrected chi connectivity index (χ0v) is 15.8. The molecule has 0 bridgehead atoms. The zero-order chi connectivity index (χ0) is 17.0. The van der Waals surface area contributed by atoms with Crippen LogP contribution in [0.5, 0.6) is 0 Å². The molecule has 0 amide bonds. The van der Waals surface area contributed by atoms with Crippen LogP contribution < -0.4 is 5.09 Å². The van der Waals surface area contributed by atoms with E-state index in [-0.39, 0.29) is 5.97 Å². The van der Waals surface area contributed by atoms with Crippen molar-refractivity contribution in [1.29, 1.82) is 0 Å². The van der Waals surface area contributed by atoms with E-state index in [4.69, 9.17) is 4.74 Å². The van der Waals surface area contributed by atoms with Crippen molar-refractivity contribution in [1.82, 2.24) is 14.3 Å². The number of esters is 1. The third kappa shape index (κ3) is 5.26. The molecule has 23 heavy (non-hydrogen) atoms. The quantitative estimate of drug-likeness (QED) is 0.662. The molecular formula is C15H22N4O2P2. The maximum Gasteiger partial charge on any atom is 0.315 e. The third-order valence-corrected chi connectivity index (χ3v) is 3.66. The first kappa shape index (κ1) is 17.8. The number of carbonyl (C=O) groups is 1. The third-order valence-electron chi connectivity index (χ3n) is 3.08. The molecule has 0 aromatic carbocycles. The Morgan fingerprint density at radius 1 is 1.39 bits per heavy atom. The van der Waals surface area contributed by atoms with E-state index >= 15 is 0 Å². The molecule has 2 heterocycles. The van der Waals surface area contributed by atoms with Crippen molar-refractivity contribution in [2.24, 2.45) is 0 Å². The van der Waals surface area contributed by atoms with Crippen LogP contribution in [0.4, 0.5) is 5.82 Å². The fourth-order valence-electron chi connectivity index (χ4n) is 2.08. The Bertz CT molecular complexity index is 665. The fourth-order valence-corrected chi connectivity index (χ4v) is 2.47. The van der Waals surface area contributed by atoms with Gasteiger partial charge in [-0.3, -0.25) is 4.79 Å². The number of nitrogens with one attached hydrogen (secondary N) is 1. The van der Waals surface area contributed by atoms with Gasteiger partial charge in [0.25, 0.3) is 0 Å². The summed E-state index contributed by atoms with van der Waals surface area (Å²) in [6.07, 6.45) is 5.70. The van der Waals surface area contributed by atoms with E-state index in [1.165, 1.54) is 0 Å². The lowest BCUT2D eigenvalue weighted by molar-refractivity contribution is -0.156. The minimum absolute atomic E-state index is 0.283. The van der Waals surface area contributed by atoms with Gasteiger partial charge in [-0.2, -0.15) is 0 Å². The average Bonchev–Trinajstić information content (AvgIpc) is 2.89. The summed E-state index contributed by atoms with van der Waals surface area (Å²) in [4.78, 5) is 21.2. The normalized spacial score (nSPS) is 12.7. The maximum atomic E-state index is 12.6. The minimum Gasteiger partial charge on any atom is -0.459 e. The molecule has 0 fully saturated rings. The summed E-state index contributed by atoms with van der Waals surface area (Å²) >= 11 is 0. The molecule has 2 aromatic rings. The molecule has 124 valence electrons. The summed E-state index contributed by atoms with van der Waals surface area (Å²) in [5.74, 6) is 0.00360. The van der Waals surface area contributed by atoms with Crippen molar-refractivity contribution in [2.75, 3.05) is 5.09 Å². The molecular weight excluding hydrogens is 330 g/mol. The highest BCUT2D eigenvalue weighted by Gasteiger charge is 2.28. The van der Waals surface area contributed by atoms with E-state index in [2.05, 4.69) is 33.8 Å². The standard InChI is InChI=1S/C15H22N4O2P2/c1-15(2,3)21-14(20)11(12-8-19(23)9-17-12)6-10-4-5-13(18-22)16-7-10/h4-5,7-9,11H,6,22-23H2,1-3H3,(H,16,18). The Morgan fingerprint density at radius 2 is 2.13 bits per heavy atom. The number of imidazole rings is 1. The van der Waals surface area contributed by atoms with Gasteiger partial charge in [-0.05, 0) is 57.6 Å². The first-order valence-corrected chi connectivity index (χ1v) is 8.31. The Labute approximate surface area is 140 Å². The van der Waals surface area contributed by atoms with Gasteiger partial charge in [-0.1, -0.05) is 6.07 Å². The van der Waals surface area contributed by atoms with Gasteiger partial charge in [0.15, 0.2) is 0 Å². The zero-order valence-electron chi connectivity index (χ0n) is 13.5. The van der Waals surface area contributed by atoms with Crippen LogP contribution in [0.2, 0.25) is 0 Å². The molecule has 8 heteroatoms. The fraction of sp³-hybridized carbons (Fsp3) is 0.400. The summed E-state index contributed by atoms with van der Waals surface area (Å²) in [5.41, 5.74) is 1.09. The van der Waals surface area contributed by atoms with E-state index in [0.29, 0.717) is 12.1 Å². The van der Waals surface area contributed by atoms with Gasteiger partial charge in [-0.25, -0.2) is 9.97 Å². The molecule has 0 saturated carbocycles. The second kappa shape index (κ2) is 7.37. The smallest absolute Gasteiger partial charge is 0.315 e. The van der Waals surface area contributed by atoms with Gasteiger partial charge in [0.2, 0.25) is 0 Å². The Hall–Kier alpha value is -1.51. The number of anilines is 1. The molecule has 3 atom stereocenters. The van der Waals surface area contributed by atoms with Crippen LogP contribution in [0.25, 0.3) is 0 Å². The molecule has 0 aliphatic heterocycles. The van der Waals surface area contributed by atoms with Crippen LogP contribution in [0, 0.1) is 0 Å². The maximum absolute atomic E-state index is 12.6. The summed E-state index contributed by atoms with van der Waals surface area (Å²) in [5, 5.41) is 2.89. The minimum atomic E-state index is -0.537. The van der Waals surface area contributed by atoms with Crippen molar-refractivity contribution < 1.29 is 9.53 Å². The average molecular weight is 352 g/mol. The van der Waals surface area contributed by atoms with Crippen LogP contribution in [0.15, 0.2) is 30.9 Å². The molecule has 0 saturated heterocycles. The van der Waals surface area contributed by atoms with Crippen molar-refractivity contribution in [3.8, 4) is 0 Å². The summed E-state index contributed by atoms with van der Waals surface area (Å²) in [6, 6.07) is 3.80. The lowest BCUT2D eigenvalue weighted by Crippen LogP contribution is -2.29. The van der Waals surface area contributed by atoms with E-state index in [0.717, 1.165) is 11.4 Å². The van der Waals surface area contributed by atoms with E-state index in [1.54, 1.807) is 16.9 Å². The summed E-state index contributed by atoms with van der Waals surface area (Å²) in [6.45, 7) is 5.57. The van der Waals surface area contributed by atoms with Gasteiger partial charge in [-0.15, -0.1) is 0 Å². The summed E-state index contributed by atoms with van der Waals surface area (Å²) in [7, 11) is 4.91. The van der Waals surface area contributed by atoms with Crippen LogP contribution in [0.3, 0.4) is 0 Å². The summed E-state index contributed by atoms with van der Waals surface area (Å²) < 4.78 is 7.29. The number of hydrogen-bond donors (Lipinski definition) is 1. The van der Waals surface area contributed by atoms with E-state index < -0.39 is 11.5 Å². The molecule has 0 aliphatic rings. The Kier molecular flexibility index (Phi) is 5.72. The van der Waals surface area contributed by atoms with Gasteiger partial charge >= 0.3 is 5.97 Å². The number of pyridine rings is 1. The number of hydrogen-bond acceptors (Lipinski definition) is 5. The van der Waals surface area contributed by atoms with Crippen molar-refractivity contribution in [3.05, 3.63) is 42.1 Å². The number of nitrogens with zero attached hydrogens (tertiary/aromatic N) is 3. The predicted octanol–water partition coefficient (Wildman–Crippen LogP) is 2.79. The highest BCUT2D eigenvalue weighted by atomic mass is 31.0. The molecule has 2 rings (SSSR count). The molecule has 0 spiro atoms. The molecule has 6 nitrogen and oxygen atoms in total. The second-order valence-electron chi connectivity index (χ2n) is 6.23. The molecule has 2 aromatic heterocycles. The van der Waals surface area contributed by atoms with E-state index in [9.17, 15) is 4.79 Å². The second-order valence-corrected chi connectivity index (χ2v) is 7.12. The monoisotopic (exact) mass is 352 g/mol. The number of aromatic nitrogens is 3. The van der Waals surface area contributed by atoms with Crippen LogP contribution >= 0.6 is 18.8 Å². The number of rotatable bonds is 5. The Balaban J connectivity index is 2.23. The molecule has 0 radical (unpaired) electrons. The topological polar surface area (TPSA) is 69.0 Å². The Morgan fingerprint density at radius 3 is 2.61 bits per heavy atom. The largest absolute Gasteiger partial charge is 0.459 e. The molecule has 1 N–H and O–H groups in total. The van der Waals surface area contributed by atoms with Crippen LogP contribution in [-0.4, -0.2) is 25.9 Å². The van der Waals surface area contributed by atoms with Gasteiger partial charge < -0.3 is 14.2 Å². The van der Waals surface area contributed by atoms with Crippen molar-refractivity contribution in [3.63, 3.8) is 0 Å². The highest BCUT2D eigenvalue weighted by Crippen LogP contribution is 2.24. The molecule has 0 aliphatic carbocycles. The van der Waals surface area contributed by atoms with Gasteiger partial charge in [0.1, 0.15) is 17.3 Å². The first-order valence-electron chi connectivity index (χ1n) is 7.22.